The van der Waals surface area contributed by atoms with Gasteiger partial charge in [0.25, 0.3) is 5.56 Å². The highest BCUT2D eigenvalue weighted by molar-refractivity contribution is 7.99. The van der Waals surface area contributed by atoms with Crippen molar-refractivity contribution in [3.05, 3.63) is 52.4 Å². The smallest absolute Gasteiger partial charge is 0.251 e. The van der Waals surface area contributed by atoms with Crippen molar-refractivity contribution >= 4 is 11.8 Å². The summed E-state index contributed by atoms with van der Waals surface area (Å²) in [6.07, 6.45) is 1.50. The fourth-order valence-corrected chi connectivity index (χ4v) is 1.97. The first-order valence-corrected chi connectivity index (χ1v) is 5.62. The van der Waals surface area contributed by atoms with Gasteiger partial charge in [-0.1, -0.05) is 23.9 Å². The summed E-state index contributed by atoms with van der Waals surface area (Å²) in [5, 5.41) is 0.591. The third-order valence-electron chi connectivity index (χ3n) is 2.02. The summed E-state index contributed by atoms with van der Waals surface area (Å²) in [6.45, 7) is 0.533. The van der Waals surface area contributed by atoms with Crippen molar-refractivity contribution in [2.75, 3.05) is 0 Å². The zero-order valence-electron chi connectivity index (χ0n) is 8.51. The highest BCUT2D eigenvalue weighted by atomic mass is 32.2. The van der Waals surface area contributed by atoms with Crippen LogP contribution in [-0.4, -0.2) is 9.97 Å². The molecule has 0 aliphatic carbocycles. The standard InChI is InChI=1S/C11H11N3OS/c12-7-8-1-3-9(4-2-8)16-11-13-6-5-10(15)14-11/h1-6H,7,12H2,(H,13,14,15). The van der Waals surface area contributed by atoms with Gasteiger partial charge in [-0.05, 0) is 17.7 Å². The van der Waals surface area contributed by atoms with E-state index in [9.17, 15) is 4.79 Å². The fraction of sp³-hybridized carbons (Fsp3) is 0.0909. The molecular formula is C11H11N3OS. The third-order valence-corrected chi connectivity index (χ3v) is 2.93. The minimum absolute atomic E-state index is 0.143. The van der Waals surface area contributed by atoms with Crippen molar-refractivity contribution < 1.29 is 0 Å². The van der Waals surface area contributed by atoms with Gasteiger partial charge in [0.1, 0.15) is 0 Å². The lowest BCUT2D eigenvalue weighted by molar-refractivity contribution is 0.936. The van der Waals surface area contributed by atoms with Gasteiger partial charge in [-0.25, -0.2) is 4.98 Å². The maximum Gasteiger partial charge on any atom is 0.251 e. The number of H-pyrrole nitrogens is 1. The van der Waals surface area contributed by atoms with Crippen molar-refractivity contribution in [3.8, 4) is 0 Å². The van der Waals surface area contributed by atoms with Crippen LogP contribution in [0.4, 0.5) is 0 Å². The van der Waals surface area contributed by atoms with Crippen LogP contribution < -0.4 is 11.3 Å². The van der Waals surface area contributed by atoms with Gasteiger partial charge in [0, 0.05) is 23.7 Å². The zero-order valence-corrected chi connectivity index (χ0v) is 9.33. The molecule has 4 nitrogen and oxygen atoms in total. The first-order valence-electron chi connectivity index (χ1n) is 4.80. The molecule has 1 aromatic heterocycles. The average Bonchev–Trinajstić information content (AvgIpc) is 2.30. The lowest BCUT2D eigenvalue weighted by atomic mass is 10.2. The third kappa shape index (κ3) is 2.71. The van der Waals surface area contributed by atoms with Crippen LogP contribution in [0, 0.1) is 0 Å². The quantitative estimate of drug-likeness (QED) is 0.786. The van der Waals surface area contributed by atoms with Crippen molar-refractivity contribution in [1.82, 2.24) is 9.97 Å². The molecule has 0 aliphatic rings. The molecule has 0 radical (unpaired) electrons. The maximum atomic E-state index is 11.1. The summed E-state index contributed by atoms with van der Waals surface area (Å²) in [5.41, 5.74) is 6.45. The molecule has 0 saturated heterocycles. The topological polar surface area (TPSA) is 71.8 Å². The summed E-state index contributed by atoms with van der Waals surface area (Å²) in [7, 11) is 0. The van der Waals surface area contributed by atoms with E-state index in [0.29, 0.717) is 11.7 Å². The van der Waals surface area contributed by atoms with Crippen LogP contribution >= 0.6 is 11.8 Å². The Labute approximate surface area is 96.9 Å². The normalized spacial score (nSPS) is 10.3. The Morgan fingerprint density at radius 2 is 2.00 bits per heavy atom. The summed E-state index contributed by atoms with van der Waals surface area (Å²) in [5.74, 6) is 0. The number of nitrogens with zero attached hydrogens (tertiary/aromatic N) is 1. The highest BCUT2D eigenvalue weighted by Crippen LogP contribution is 2.23. The number of rotatable bonds is 3. The molecule has 0 fully saturated rings. The molecule has 0 amide bonds. The Morgan fingerprint density at radius 1 is 1.25 bits per heavy atom. The lowest BCUT2D eigenvalue weighted by Crippen LogP contribution is -2.04. The molecule has 0 unspecified atom stereocenters. The molecule has 1 aromatic carbocycles. The first-order chi connectivity index (χ1) is 7.78. The van der Waals surface area contributed by atoms with Gasteiger partial charge < -0.3 is 10.7 Å². The van der Waals surface area contributed by atoms with Crippen LogP contribution in [-0.2, 0) is 6.54 Å². The molecule has 0 spiro atoms. The molecule has 2 rings (SSSR count). The second kappa shape index (κ2) is 4.96. The summed E-state index contributed by atoms with van der Waals surface area (Å²) in [4.78, 5) is 18.8. The van der Waals surface area contributed by atoms with E-state index in [1.54, 1.807) is 0 Å². The summed E-state index contributed by atoms with van der Waals surface area (Å²) < 4.78 is 0. The molecular weight excluding hydrogens is 222 g/mol. The van der Waals surface area contributed by atoms with Crippen molar-refractivity contribution in [2.24, 2.45) is 5.73 Å². The highest BCUT2D eigenvalue weighted by Gasteiger charge is 1.99. The predicted molar refractivity (Wildman–Crippen MR) is 63.3 cm³/mol. The fourth-order valence-electron chi connectivity index (χ4n) is 1.21. The van der Waals surface area contributed by atoms with E-state index < -0.39 is 0 Å². The number of nitrogens with one attached hydrogen (secondary N) is 1. The van der Waals surface area contributed by atoms with E-state index in [4.69, 9.17) is 5.73 Å². The van der Waals surface area contributed by atoms with Crippen LogP contribution in [0.5, 0.6) is 0 Å². The van der Waals surface area contributed by atoms with Gasteiger partial charge in [0.05, 0.1) is 0 Å². The Morgan fingerprint density at radius 3 is 2.62 bits per heavy atom. The van der Waals surface area contributed by atoms with Crippen LogP contribution in [0.1, 0.15) is 5.56 Å². The van der Waals surface area contributed by atoms with E-state index in [2.05, 4.69) is 9.97 Å². The largest absolute Gasteiger partial charge is 0.326 e. The van der Waals surface area contributed by atoms with Gasteiger partial charge in [-0.2, -0.15) is 0 Å². The van der Waals surface area contributed by atoms with E-state index in [1.165, 1.54) is 24.0 Å². The van der Waals surface area contributed by atoms with Gasteiger partial charge in [0.15, 0.2) is 5.16 Å². The molecule has 1 heterocycles. The van der Waals surface area contributed by atoms with Gasteiger partial charge in [-0.3, -0.25) is 4.79 Å². The number of aromatic nitrogens is 2. The molecule has 5 heteroatoms. The Hall–Kier alpha value is -1.59. The molecule has 0 atom stereocenters. The first kappa shape index (κ1) is 10.9. The molecule has 82 valence electrons. The van der Waals surface area contributed by atoms with Gasteiger partial charge in [-0.15, -0.1) is 0 Å². The second-order valence-electron chi connectivity index (χ2n) is 3.19. The minimum Gasteiger partial charge on any atom is -0.326 e. The maximum absolute atomic E-state index is 11.1. The summed E-state index contributed by atoms with van der Waals surface area (Å²) in [6, 6.07) is 9.23. The molecule has 0 aliphatic heterocycles. The predicted octanol–water partition coefficient (Wildman–Crippen LogP) is 1.38. The van der Waals surface area contributed by atoms with Crippen LogP contribution in [0.2, 0.25) is 0 Å². The lowest BCUT2D eigenvalue weighted by Gasteiger charge is -2.01. The molecule has 16 heavy (non-hydrogen) atoms. The van der Waals surface area contributed by atoms with E-state index in [-0.39, 0.29) is 5.56 Å². The van der Waals surface area contributed by atoms with Crippen LogP contribution in [0.15, 0.2) is 51.4 Å². The van der Waals surface area contributed by atoms with Crippen molar-refractivity contribution in [2.45, 2.75) is 16.6 Å². The van der Waals surface area contributed by atoms with Crippen molar-refractivity contribution in [1.29, 1.82) is 0 Å². The molecule has 0 bridgehead atoms. The van der Waals surface area contributed by atoms with Crippen LogP contribution in [0.25, 0.3) is 0 Å². The Balaban J connectivity index is 2.17. The monoisotopic (exact) mass is 233 g/mol. The number of aromatic amines is 1. The average molecular weight is 233 g/mol. The zero-order chi connectivity index (χ0) is 11.4. The van der Waals surface area contributed by atoms with E-state index in [1.807, 2.05) is 24.3 Å². The number of hydrogen-bond donors (Lipinski definition) is 2. The molecule has 3 N–H and O–H groups in total. The number of benzene rings is 1. The van der Waals surface area contributed by atoms with Gasteiger partial charge in [0.2, 0.25) is 0 Å². The van der Waals surface area contributed by atoms with Gasteiger partial charge >= 0.3 is 0 Å². The number of hydrogen-bond acceptors (Lipinski definition) is 4. The Bertz CT molecular complexity index is 521. The second-order valence-corrected chi connectivity index (χ2v) is 4.25. The minimum atomic E-state index is -0.143. The SMILES string of the molecule is NCc1ccc(Sc2nccc(=O)[nH]2)cc1. The summed E-state index contributed by atoms with van der Waals surface area (Å²) >= 11 is 1.41. The Kier molecular flexibility index (Phi) is 3.38. The van der Waals surface area contributed by atoms with E-state index >= 15 is 0 Å². The van der Waals surface area contributed by atoms with Crippen molar-refractivity contribution in [3.63, 3.8) is 0 Å². The number of nitrogens with two attached hydrogens (primary N) is 1. The molecule has 0 saturated carbocycles. The molecule has 2 aromatic rings. The van der Waals surface area contributed by atoms with E-state index in [0.717, 1.165) is 10.5 Å². The van der Waals surface area contributed by atoms with Crippen LogP contribution in [0.3, 0.4) is 0 Å².